The molecule has 0 bridgehead atoms. The molecule has 2 heteroatoms. The Morgan fingerprint density at radius 1 is 0.700 bits per heavy atom. The summed E-state index contributed by atoms with van der Waals surface area (Å²) in [6.45, 7) is 18.9. The van der Waals surface area contributed by atoms with Crippen LogP contribution >= 0.6 is 0 Å². The number of allylic oxidation sites excluding steroid dienone is 2. The van der Waals surface area contributed by atoms with Crippen LogP contribution in [0.1, 0.15) is 39.5 Å². The Labute approximate surface area is 129 Å². The summed E-state index contributed by atoms with van der Waals surface area (Å²) in [6.07, 6.45) is 8.94. The molecule has 0 saturated heterocycles. The number of unbranched alkanes of at least 4 members (excludes halogenated alkanes) is 1. The highest BCUT2D eigenvalue weighted by Gasteiger charge is 2.17. The first kappa shape index (κ1) is 19.5. The van der Waals surface area contributed by atoms with Gasteiger partial charge < -0.3 is 0 Å². The van der Waals surface area contributed by atoms with E-state index in [1.54, 1.807) is 10.4 Å². The third kappa shape index (κ3) is 7.92. The highest BCUT2D eigenvalue weighted by Crippen LogP contribution is 2.17. The van der Waals surface area contributed by atoms with Gasteiger partial charge in [-0.2, -0.15) is 0 Å². The smallest absolute Gasteiger partial charge is 0.0823 e. The molecule has 0 unspecified atom stereocenters. The lowest BCUT2D eigenvalue weighted by molar-refractivity contribution is 1.05. The summed E-state index contributed by atoms with van der Waals surface area (Å²) in [5.74, 6) is 0. The Kier molecular flexibility index (Phi) is 8.46. The van der Waals surface area contributed by atoms with Crippen molar-refractivity contribution in [2.75, 3.05) is 0 Å². The third-order valence-corrected chi connectivity index (χ3v) is 8.14. The van der Waals surface area contributed by atoms with Gasteiger partial charge in [0.25, 0.3) is 0 Å². The van der Waals surface area contributed by atoms with Gasteiger partial charge in [-0.05, 0) is 48.2 Å². The Morgan fingerprint density at radius 2 is 1.00 bits per heavy atom. The molecule has 114 valence electrons. The lowest BCUT2D eigenvalue weighted by Gasteiger charge is -2.17. The van der Waals surface area contributed by atoms with Gasteiger partial charge >= 0.3 is 0 Å². The molecule has 0 rings (SSSR count). The first-order valence-electron chi connectivity index (χ1n) is 8.02. The molecule has 0 aromatic heterocycles. The first-order valence-corrected chi connectivity index (χ1v) is 15.0. The van der Waals surface area contributed by atoms with Crippen LogP contribution in [0.25, 0.3) is 0 Å². The second-order valence-corrected chi connectivity index (χ2v) is 17.6. The molecule has 0 fully saturated rings. The predicted octanol–water partition coefficient (Wildman–Crippen LogP) is 6.50. The van der Waals surface area contributed by atoms with E-state index in [4.69, 9.17) is 0 Å². The van der Waals surface area contributed by atoms with Crippen molar-refractivity contribution in [1.29, 1.82) is 0 Å². The average molecular weight is 307 g/mol. The molecular weight excluding hydrogens is 272 g/mol. The Bertz CT molecular complexity index is 373. The van der Waals surface area contributed by atoms with E-state index in [1.165, 1.54) is 0 Å². The Morgan fingerprint density at radius 3 is 1.20 bits per heavy atom. The third-order valence-electron chi connectivity index (χ3n) is 3.53. The van der Waals surface area contributed by atoms with Gasteiger partial charge in [-0.15, -0.1) is 11.5 Å². The largest absolute Gasteiger partial charge is 0.131 e. The maximum Gasteiger partial charge on any atom is 0.0823 e. The van der Waals surface area contributed by atoms with Gasteiger partial charge in [-0.1, -0.05) is 53.1 Å². The fourth-order valence-electron chi connectivity index (χ4n) is 2.26. The topological polar surface area (TPSA) is 0 Å². The molecule has 0 radical (unpaired) electrons. The Hall–Kier alpha value is -0.526. The molecule has 0 aliphatic carbocycles. The maximum atomic E-state index is 3.55. The van der Waals surface area contributed by atoms with E-state index in [2.05, 4.69) is 76.7 Å². The van der Waals surface area contributed by atoms with Crippen LogP contribution in [0.4, 0.5) is 0 Å². The van der Waals surface area contributed by atoms with Gasteiger partial charge in [0, 0.05) is 0 Å². The van der Waals surface area contributed by atoms with Crippen LogP contribution in [0.5, 0.6) is 0 Å². The highest BCUT2D eigenvalue weighted by atomic mass is 28.3. The summed E-state index contributed by atoms with van der Waals surface area (Å²) in [4.78, 5) is 0. The van der Waals surface area contributed by atoms with Crippen molar-refractivity contribution in [2.24, 2.45) is 0 Å². The van der Waals surface area contributed by atoms with Gasteiger partial charge in [0.1, 0.15) is 0 Å². The molecule has 0 aliphatic rings. The normalized spacial score (nSPS) is 11.4. The number of hydrogen-bond acceptors (Lipinski definition) is 0. The van der Waals surface area contributed by atoms with E-state index < -0.39 is 16.1 Å². The average Bonchev–Trinajstić information content (AvgIpc) is 2.29. The Balaban J connectivity index is 4.68. The van der Waals surface area contributed by atoms with Crippen molar-refractivity contribution >= 4 is 16.1 Å². The lowest BCUT2D eigenvalue weighted by Crippen LogP contribution is -2.22. The molecule has 0 amide bonds. The van der Waals surface area contributed by atoms with Gasteiger partial charge in [0.15, 0.2) is 0 Å². The zero-order valence-electron chi connectivity index (χ0n) is 15.0. The summed E-state index contributed by atoms with van der Waals surface area (Å²) in [6, 6.07) is 0. The van der Waals surface area contributed by atoms with Crippen molar-refractivity contribution < 1.29 is 0 Å². The van der Waals surface area contributed by atoms with E-state index in [0.29, 0.717) is 0 Å². The van der Waals surface area contributed by atoms with Crippen molar-refractivity contribution in [3.05, 3.63) is 34.0 Å². The minimum atomic E-state index is -1.15. The van der Waals surface area contributed by atoms with Crippen molar-refractivity contribution in [3.63, 3.8) is 0 Å². The zero-order valence-corrected chi connectivity index (χ0v) is 17.0. The fourth-order valence-corrected chi connectivity index (χ4v) is 5.45. The second kappa shape index (κ2) is 8.69. The SMILES string of the molecule is CCC(=C=CCCC=C=C(CC)[Si](C)(C)C)[Si](C)(C)C. The molecule has 0 spiro atoms. The minimum absolute atomic E-state index is 1.09. The van der Waals surface area contributed by atoms with Gasteiger partial charge in [0.05, 0.1) is 16.1 Å². The fraction of sp³-hybridized carbons (Fsp3) is 0.667. The maximum absolute atomic E-state index is 3.55. The molecule has 0 aromatic carbocycles. The summed E-state index contributed by atoms with van der Waals surface area (Å²) in [5, 5.41) is 3.10. The van der Waals surface area contributed by atoms with E-state index in [9.17, 15) is 0 Å². The molecule has 0 N–H and O–H groups in total. The first-order chi connectivity index (χ1) is 9.12. The van der Waals surface area contributed by atoms with Crippen LogP contribution in [0.3, 0.4) is 0 Å². The summed E-state index contributed by atoms with van der Waals surface area (Å²) < 4.78 is 0. The zero-order chi connectivity index (χ0) is 15.8. The van der Waals surface area contributed by atoms with Crippen LogP contribution in [0.2, 0.25) is 39.3 Å². The van der Waals surface area contributed by atoms with Gasteiger partial charge in [-0.25, -0.2) is 0 Å². The molecular formula is C18H34Si2. The van der Waals surface area contributed by atoms with Crippen LogP contribution in [-0.2, 0) is 0 Å². The molecule has 0 heterocycles. The van der Waals surface area contributed by atoms with Gasteiger partial charge in [0.2, 0.25) is 0 Å². The highest BCUT2D eigenvalue weighted by molar-refractivity contribution is 6.83. The summed E-state index contributed by atoms with van der Waals surface area (Å²) >= 11 is 0. The second-order valence-electron chi connectivity index (χ2n) is 7.44. The monoisotopic (exact) mass is 306 g/mol. The predicted molar refractivity (Wildman–Crippen MR) is 99.7 cm³/mol. The van der Waals surface area contributed by atoms with Crippen LogP contribution in [0, 0.1) is 0 Å². The molecule has 20 heavy (non-hydrogen) atoms. The number of hydrogen-bond donors (Lipinski definition) is 0. The van der Waals surface area contributed by atoms with Crippen molar-refractivity contribution in [3.8, 4) is 0 Å². The van der Waals surface area contributed by atoms with Gasteiger partial charge in [-0.3, -0.25) is 0 Å². The minimum Gasteiger partial charge on any atom is -0.131 e. The molecule has 0 nitrogen and oxygen atoms in total. The molecule has 0 atom stereocenters. The number of rotatable bonds is 7. The van der Waals surface area contributed by atoms with E-state index in [1.807, 2.05) is 0 Å². The summed E-state index contributed by atoms with van der Waals surface area (Å²) in [7, 11) is -2.31. The quantitative estimate of drug-likeness (QED) is 0.286. The van der Waals surface area contributed by atoms with E-state index in [0.717, 1.165) is 25.7 Å². The van der Waals surface area contributed by atoms with E-state index in [-0.39, 0.29) is 0 Å². The molecule has 0 aliphatic heterocycles. The van der Waals surface area contributed by atoms with Crippen LogP contribution in [-0.4, -0.2) is 16.1 Å². The van der Waals surface area contributed by atoms with Crippen LogP contribution < -0.4 is 0 Å². The van der Waals surface area contributed by atoms with Crippen LogP contribution in [0.15, 0.2) is 34.0 Å². The molecule has 0 aromatic rings. The van der Waals surface area contributed by atoms with Crippen molar-refractivity contribution in [2.45, 2.75) is 78.8 Å². The lowest BCUT2D eigenvalue weighted by atomic mass is 10.3. The summed E-state index contributed by atoms with van der Waals surface area (Å²) in [5.41, 5.74) is 7.10. The molecule has 0 saturated carbocycles. The standard InChI is InChI=1S/C18H34Si2/c1-9-17(19(3,4)5)15-13-11-12-14-16-18(10-2)20(6,7)8/h13-14H,9-12H2,1-8H3. The van der Waals surface area contributed by atoms with E-state index >= 15 is 0 Å². The van der Waals surface area contributed by atoms with Crippen molar-refractivity contribution in [1.82, 2.24) is 0 Å².